The lowest BCUT2D eigenvalue weighted by Gasteiger charge is -2.39. The first-order chi connectivity index (χ1) is 15.5. The van der Waals surface area contributed by atoms with E-state index >= 15 is 0 Å². The highest BCUT2D eigenvalue weighted by Gasteiger charge is 2.32. The molecule has 1 fully saturated rings. The Morgan fingerprint density at radius 2 is 1.88 bits per heavy atom. The van der Waals surface area contributed by atoms with Crippen LogP contribution in [0.5, 0.6) is 0 Å². The lowest BCUT2D eigenvalue weighted by molar-refractivity contribution is 0.0409. The Labute approximate surface area is 193 Å². The molecule has 0 saturated carbocycles. The average Bonchev–Trinajstić information content (AvgIpc) is 3.47. The number of carbonyl (C=O) groups excluding carboxylic acids is 2. The molecule has 5 rings (SSSR count). The van der Waals surface area contributed by atoms with Crippen LogP contribution in [0.3, 0.4) is 0 Å². The zero-order valence-corrected chi connectivity index (χ0v) is 18.9. The van der Waals surface area contributed by atoms with Gasteiger partial charge in [0.25, 0.3) is 11.8 Å². The minimum atomic E-state index is -0.229. The zero-order valence-electron chi connectivity index (χ0n) is 17.3. The van der Waals surface area contributed by atoms with E-state index in [9.17, 15) is 9.59 Å². The van der Waals surface area contributed by atoms with Crippen LogP contribution in [0.25, 0.3) is 15.8 Å². The van der Waals surface area contributed by atoms with E-state index in [4.69, 9.17) is 11.6 Å². The van der Waals surface area contributed by atoms with Crippen molar-refractivity contribution in [3.63, 3.8) is 0 Å². The molecule has 1 saturated heterocycles. The molecule has 0 radical (unpaired) electrons. The van der Waals surface area contributed by atoms with E-state index in [1.165, 1.54) is 11.3 Å². The number of aromatic nitrogens is 3. The van der Waals surface area contributed by atoms with Crippen molar-refractivity contribution >= 4 is 44.8 Å². The number of hydrogen-bond donors (Lipinski definition) is 0. The number of piperazine rings is 1. The van der Waals surface area contributed by atoms with Crippen molar-refractivity contribution in [3.05, 3.63) is 76.6 Å². The molecule has 1 aliphatic rings. The Kier molecular flexibility index (Phi) is 5.40. The molecule has 7 nitrogen and oxygen atoms in total. The Morgan fingerprint density at radius 1 is 1.06 bits per heavy atom. The predicted molar refractivity (Wildman–Crippen MR) is 125 cm³/mol. The molecule has 1 aliphatic heterocycles. The van der Waals surface area contributed by atoms with Gasteiger partial charge in [0, 0.05) is 40.8 Å². The quantitative estimate of drug-likeness (QED) is 0.456. The van der Waals surface area contributed by atoms with Crippen molar-refractivity contribution in [3.8, 4) is 5.69 Å². The number of halogens is 1. The maximum Gasteiger partial charge on any atom is 0.293 e. The SMILES string of the molecule is CC1CN(C(=O)c2cc3c(Cl)cccc3s2)CCN1C(=O)c1ncn(-c2ccccc2)n1. The number of benzene rings is 2. The number of thiophene rings is 1. The molecule has 0 spiro atoms. The van der Waals surface area contributed by atoms with Crippen LogP contribution < -0.4 is 0 Å². The van der Waals surface area contributed by atoms with Gasteiger partial charge in [-0.1, -0.05) is 35.9 Å². The van der Waals surface area contributed by atoms with Gasteiger partial charge in [-0.15, -0.1) is 16.4 Å². The Balaban J connectivity index is 1.28. The molecular formula is C23H20ClN5O2S. The van der Waals surface area contributed by atoms with Gasteiger partial charge in [-0.05, 0) is 37.3 Å². The summed E-state index contributed by atoms with van der Waals surface area (Å²) in [4.78, 5) is 34.5. The summed E-state index contributed by atoms with van der Waals surface area (Å²) < 4.78 is 2.58. The lowest BCUT2D eigenvalue weighted by Crippen LogP contribution is -2.55. The largest absolute Gasteiger partial charge is 0.334 e. The van der Waals surface area contributed by atoms with Gasteiger partial charge in [-0.3, -0.25) is 9.59 Å². The molecule has 162 valence electrons. The highest BCUT2D eigenvalue weighted by Crippen LogP contribution is 2.32. The Morgan fingerprint density at radius 3 is 2.62 bits per heavy atom. The van der Waals surface area contributed by atoms with E-state index in [1.54, 1.807) is 20.8 Å². The van der Waals surface area contributed by atoms with Crippen LogP contribution in [0.2, 0.25) is 5.02 Å². The predicted octanol–water partition coefficient (Wildman–Crippen LogP) is 4.12. The van der Waals surface area contributed by atoms with Crippen LogP contribution in [0.4, 0.5) is 0 Å². The number of fused-ring (bicyclic) bond motifs is 1. The van der Waals surface area contributed by atoms with Crippen molar-refractivity contribution < 1.29 is 9.59 Å². The van der Waals surface area contributed by atoms with Gasteiger partial charge in [0.15, 0.2) is 0 Å². The summed E-state index contributed by atoms with van der Waals surface area (Å²) in [5.74, 6) is -0.111. The second-order valence-electron chi connectivity index (χ2n) is 7.71. The number of para-hydroxylation sites is 1. The van der Waals surface area contributed by atoms with Crippen molar-refractivity contribution in [1.29, 1.82) is 0 Å². The van der Waals surface area contributed by atoms with Crippen LogP contribution in [0.15, 0.2) is 60.9 Å². The van der Waals surface area contributed by atoms with Crippen molar-refractivity contribution in [2.24, 2.45) is 0 Å². The minimum absolute atomic E-state index is 0.0345. The van der Waals surface area contributed by atoms with E-state index in [0.717, 1.165) is 15.8 Å². The van der Waals surface area contributed by atoms with Gasteiger partial charge >= 0.3 is 0 Å². The summed E-state index contributed by atoms with van der Waals surface area (Å²) in [6.07, 6.45) is 1.54. The smallest absolute Gasteiger partial charge is 0.293 e. The van der Waals surface area contributed by atoms with E-state index in [-0.39, 0.29) is 23.7 Å². The first-order valence-electron chi connectivity index (χ1n) is 10.3. The third kappa shape index (κ3) is 3.76. The van der Waals surface area contributed by atoms with Crippen LogP contribution >= 0.6 is 22.9 Å². The third-order valence-corrected chi connectivity index (χ3v) is 7.02. The number of nitrogens with zero attached hydrogens (tertiary/aromatic N) is 5. The monoisotopic (exact) mass is 465 g/mol. The minimum Gasteiger partial charge on any atom is -0.334 e. The van der Waals surface area contributed by atoms with Crippen molar-refractivity contribution in [1.82, 2.24) is 24.6 Å². The van der Waals surface area contributed by atoms with E-state index in [0.29, 0.717) is 29.5 Å². The topological polar surface area (TPSA) is 71.3 Å². The van der Waals surface area contributed by atoms with Gasteiger partial charge in [0.1, 0.15) is 6.33 Å². The Bertz CT molecular complexity index is 1300. The fourth-order valence-electron chi connectivity index (χ4n) is 3.92. The normalized spacial score (nSPS) is 16.5. The van der Waals surface area contributed by atoms with E-state index < -0.39 is 0 Å². The maximum absolute atomic E-state index is 13.1. The summed E-state index contributed by atoms with van der Waals surface area (Å²) in [5, 5.41) is 5.88. The molecule has 9 heteroatoms. The van der Waals surface area contributed by atoms with Gasteiger partial charge < -0.3 is 9.80 Å². The first-order valence-corrected chi connectivity index (χ1v) is 11.5. The summed E-state index contributed by atoms with van der Waals surface area (Å²) in [5.41, 5.74) is 0.839. The first kappa shape index (κ1) is 20.7. The summed E-state index contributed by atoms with van der Waals surface area (Å²) in [6, 6.07) is 16.9. The van der Waals surface area contributed by atoms with Gasteiger partial charge in [-0.2, -0.15) is 0 Å². The van der Waals surface area contributed by atoms with Crippen molar-refractivity contribution in [2.75, 3.05) is 19.6 Å². The highest BCUT2D eigenvalue weighted by atomic mass is 35.5. The van der Waals surface area contributed by atoms with Gasteiger partial charge in [0.05, 0.1) is 10.6 Å². The van der Waals surface area contributed by atoms with Crippen molar-refractivity contribution in [2.45, 2.75) is 13.0 Å². The summed E-state index contributed by atoms with van der Waals surface area (Å²) >= 11 is 7.70. The van der Waals surface area contributed by atoms with Crippen LogP contribution in [-0.4, -0.2) is 62.1 Å². The third-order valence-electron chi connectivity index (χ3n) is 5.60. The molecule has 4 aromatic rings. The standard InChI is InChI=1S/C23H20ClN5O2S/c1-15-13-27(22(30)20-12-17-18(24)8-5-9-19(17)32-20)10-11-28(15)23(31)21-25-14-29(26-21)16-6-3-2-4-7-16/h2-9,12,14-15H,10-11,13H2,1H3. The molecular weight excluding hydrogens is 446 g/mol. The van der Waals surface area contributed by atoms with E-state index in [2.05, 4.69) is 10.1 Å². The molecule has 0 bridgehead atoms. The summed E-state index contributed by atoms with van der Waals surface area (Å²) in [7, 11) is 0. The number of carbonyl (C=O) groups is 2. The lowest BCUT2D eigenvalue weighted by atomic mass is 10.1. The second-order valence-corrected chi connectivity index (χ2v) is 9.20. The Hall–Kier alpha value is -3.23. The number of hydrogen-bond acceptors (Lipinski definition) is 5. The molecule has 0 N–H and O–H groups in total. The summed E-state index contributed by atoms with van der Waals surface area (Å²) in [6.45, 7) is 3.27. The molecule has 1 unspecified atom stereocenters. The van der Waals surface area contributed by atoms with Crippen LogP contribution in [-0.2, 0) is 0 Å². The fourth-order valence-corrected chi connectivity index (χ4v) is 5.27. The fraction of sp³-hybridized carbons (Fsp3) is 0.217. The van der Waals surface area contributed by atoms with Gasteiger partial charge in [0.2, 0.25) is 5.82 Å². The molecule has 2 aromatic carbocycles. The molecule has 2 aromatic heterocycles. The average molecular weight is 466 g/mol. The van der Waals surface area contributed by atoms with Gasteiger partial charge in [-0.25, -0.2) is 9.67 Å². The molecule has 0 aliphatic carbocycles. The molecule has 3 heterocycles. The molecule has 2 amide bonds. The molecule has 1 atom stereocenters. The zero-order chi connectivity index (χ0) is 22.2. The number of rotatable bonds is 3. The maximum atomic E-state index is 13.1. The van der Waals surface area contributed by atoms with E-state index in [1.807, 2.05) is 61.5 Å². The second kappa shape index (κ2) is 8.37. The molecule has 32 heavy (non-hydrogen) atoms. The highest BCUT2D eigenvalue weighted by molar-refractivity contribution is 7.20. The van der Waals surface area contributed by atoms with Crippen LogP contribution in [0, 0.1) is 0 Å². The van der Waals surface area contributed by atoms with Crippen LogP contribution in [0.1, 0.15) is 27.2 Å². The number of amides is 2.